The van der Waals surface area contributed by atoms with Gasteiger partial charge in [-0.25, -0.2) is 9.97 Å². The van der Waals surface area contributed by atoms with E-state index in [1.807, 2.05) is 0 Å². The molecule has 1 aliphatic heterocycles. The molecule has 6 nitrogen and oxygen atoms in total. The van der Waals surface area contributed by atoms with E-state index in [0.29, 0.717) is 13.2 Å². The number of hydrogen-bond acceptors (Lipinski definition) is 5. The number of methoxy groups -OCH3 is 1. The molecule has 2 heterocycles. The number of carbonyl (C=O) groups excluding carboxylic acids is 1. The summed E-state index contributed by atoms with van der Waals surface area (Å²) in [6.45, 7) is 1.81. The van der Waals surface area contributed by atoms with E-state index in [4.69, 9.17) is 4.74 Å². The van der Waals surface area contributed by atoms with E-state index in [0.717, 1.165) is 25.2 Å². The molecule has 104 valence electrons. The van der Waals surface area contributed by atoms with Crippen LogP contribution in [-0.2, 0) is 16.1 Å². The van der Waals surface area contributed by atoms with Crippen LogP contribution in [0, 0.1) is 0 Å². The van der Waals surface area contributed by atoms with Gasteiger partial charge in [-0.15, -0.1) is 0 Å². The zero-order valence-electron chi connectivity index (χ0n) is 11.4. The minimum atomic E-state index is -0.595. The van der Waals surface area contributed by atoms with Gasteiger partial charge < -0.3 is 10.1 Å². The molecule has 19 heavy (non-hydrogen) atoms. The van der Waals surface area contributed by atoms with Crippen molar-refractivity contribution in [1.29, 1.82) is 0 Å². The normalized spacial score (nSPS) is 23.5. The summed E-state index contributed by atoms with van der Waals surface area (Å²) in [7, 11) is 3.29. The lowest BCUT2D eigenvalue weighted by atomic mass is 9.96. The number of ether oxygens (including phenoxy) is 1. The predicted molar refractivity (Wildman–Crippen MR) is 70.3 cm³/mol. The summed E-state index contributed by atoms with van der Waals surface area (Å²) in [5.74, 6) is 0.733. The van der Waals surface area contributed by atoms with Gasteiger partial charge in [0.2, 0.25) is 5.91 Å². The first-order valence-electron chi connectivity index (χ1n) is 6.45. The lowest BCUT2D eigenvalue weighted by Gasteiger charge is -2.35. The predicted octanol–water partition coefficient (Wildman–Crippen LogP) is 0.204. The maximum Gasteiger partial charge on any atom is 0.242 e. The summed E-state index contributed by atoms with van der Waals surface area (Å²) in [6, 6.07) is 1.79. The van der Waals surface area contributed by atoms with Crippen molar-refractivity contribution < 1.29 is 9.53 Å². The first kappa shape index (κ1) is 13.9. The highest BCUT2D eigenvalue weighted by molar-refractivity contribution is 5.86. The molecular weight excluding hydrogens is 244 g/mol. The summed E-state index contributed by atoms with van der Waals surface area (Å²) in [4.78, 5) is 22.8. The Morgan fingerprint density at radius 2 is 2.26 bits per heavy atom. The monoisotopic (exact) mass is 264 g/mol. The smallest absolute Gasteiger partial charge is 0.242 e. The Morgan fingerprint density at radius 3 is 2.89 bits per heavy atom. The molecule has 1 fully saturated rings. The lowest BCUT2D eigenvalue weighted by Crippen LogP contribution is -2.57. The van der Waals surface area contributed by atoms with E-state index in [1.54, 1.807) is 32.6 Å². The molecule has 1 saturated heterocycles. The van der Waals surface area contributed by atoms with Gasteiger partial charge in [0.25, 0.3) is 0 Å². The maximum atomic E-state index is 12.3. The molecule has 1 aromatic heterocycles. The molecule has 0 aromatic carbocycles. The molecule has 1 amide bonds. The number of likely N-dealkylation sites (tertiary alicyclic amines) is 1. The van der Waals surface area contributed by atoms with Crippen molar-refractivity contribution in [3.63, 3.8) is 0 Å². The number of nitrogens with zero attached hydrogens (tertiary/aromatic N) is 3. The summed E-state index contributed by atoms with van der Waals surface area (Å²) in [5, 5.41) is 2.75. The van der Waals surface area contributed by atoms with E-state index in [1.165, 1.54) is 0 Å². The fourth-order valence-corrected chi connectivity index (χ4v) is 2.70. The van der Waals surface area contributed by atoms with Crippen LogP contribution in [0.15, 0.2) is 18.5 Å². The minimum Gasteiger partial charge on any atom is -0.382 e. The highest BCUT2D eigenvalue weighted by Gasteiger charge is 2.47. The number of carbonyl (C=O) groups is 1. The van der Waals surface area contributed by atoms with Crippen molar-refractivity contribution in [2.75, 3.05) is 27.3 Å². The molecule has 1 N–H and O–H groups in total. The summed E-state index contributed by atoms with van der Waals surface area (Å²) in [5.41, 5.74) is -0.595. The molecule has 2 rings (SSSR count). The van der Waals surface area contributed by atoms with Crippen molar-refractivity contribution in [3.05, 3.63) is 24.3 Å². The third-order valence-corrected chi connectivity index (χ3v) is 3.61. The van der Waals surface area contributed by atoms with Crippen LogP contribution in [0.2, 0.25) is 0 Å². The average molecular weight is 264 g/mol. The minimum absolute atomic E-state index is 0.00258. The zero-order valence-corrected chi connectivity index (χ0v) is 11.4. The molecule has 1 unspecified atom stereocenters. The van der Waals surface area contributed by atoms with Crippen LogP contribution in [0.4, 0.5) is 0 Å². The third-order valence-electron chi connectivity index (χ3n) is 3.61. The van der Waals surface area contributed by atoms with Gasteiger partial charge in [-0.05, 0) is 25.5 Å². The first-order valence-corrected chi connectivity index (χ1v) is 6.45. The molecule has 6 heteroatoms. The standard InChI is InChI=1S/C13H20N4O2/c1-14-12(18)13(10-19-2)5-3-8-17(13)9-11-15-6-4-7-16-11/h4,6-7H,3,5,8-10H2,1-2H3,(H,14,18). The second-order valence-electron chi connectivity index (χ2n) is 4.73. The Hall–Kier alpha value is -1.53. The van der Waals surface area contributed by atoms with E-state index < -0.39 is 5.54 Å². The molecule has 0 radical (unpaired) electrons. The molecule has 0 spiro atoms. The van der Waals surface area contributed by atoms with Gasteiger partial charge in [-0.2, -0.15) is 0 Å². The Morgan fingerprint density at radius 1 is 1.53 bits per heavy atom. The van der Waals surface area contributed by atoms with Gasteiger partial charge in [-0.1, -0.05) is 0 Å². The van der Waals surface area contributed by atoms with Crippen LogP contribution in [0.25, 0.3) is 0 Å². The van der Waals surface area contributed by atoms with Gasteiger partial charge in [0, 0.05) is 26.6 Å². The van der Waals surface area contributed by atoms with Crippen LogP contribution < -0.4 is 5.32 Å². The third kappa shape index (κ3) is 2.74. The van der Waals surface area contributed by atoms with E-state index in [9.17, 15) is 4.79 Å². The molecule has 0 saturated carbocycles. The van der Waals surface area contributed by atoms with E-state index >= 15 is 0 Å². The number of rotatable bonds is 5. The fraction of sp³-hybridized carbons (Fsp3) is 0.615. The van der Waals surface area contributed by atoms with Crippen molar-refractivity contribution in [1.82, 2.24) is 20.2 Å². The average Bonchev–Trinajstić information content (AvgIpc) is 2.83. The summed E-state index contributed by atoms with van der Waals surface area (Å²) < 4.78 is 5.28. The quantitative estimate of drug-likeness (QED) is 0.823. The maximum absolute atomic E-state index is 12.3. The van der Waals surface area contributed by atoms with Gasteiger partial charge in [0.05, 0.1) is 13.2 Å². The van der Waals surface area contributed by atoms with Crippen molar-refractivity contribution in [2.45, 2.75) is 24.9 Å². The topological polar surface area (TPSA) is 67.3 Å². The van der Waals surface area contributed by atoms with Crippen LogP contribution in [0.5, 0.6) is 0 Å². The van der Waals surface area contributed by atoms with Gasteiger partial charge in [0.15, 0.2) is 0 Å². The Bertz CT molecular complexity index is 426. The van der Waals surface area contributed by atoms with Gasteiger partial charge in [0.1, 0.15) is 11.4 Å². The zero-order chi connectivity index (χ0) is 13.7. The molecule has 0 bridgehead atoms. The SMILES string of the molecule is CNC(=O)C1(COC)CCCN1Cc1ncccn1. The largest absolute Gasteiger partial charge is 0.382 e. The highest BCUT2D eigenvalue weighted by atomic mass is 16.5. The number of hydrogen-bond donors (Lipinski definition) is 1. The number of amides is 1. The van der Waals surface area contributed by atoms with E-state index in [-0.39, 0.29) is 5.91 Å². The summed E-state index contributed by atoms with van der Waals surface area (Å²) >= 11 is 0. The number of nitrogens with one attached hydrogen (secondary N) is 1. The molecule has 1 atom stereocenters. The number of likely N-dealkylation sites (N-methyl/N-ethyl adjacent to an activating group) is 1. The fourth-order valence-electron chi connectivity index (χ4n) is 2.70. The Balaban J connectivity index is 2.19. The van der Waals surface area contributed by atoms with Crippen LogP contribution in [0.3, 0.4) is 0 Å². The second kappa shape index (κ2) is 6.08. The number of aromatic nitrogens is 2. The van der Waals surface area contributed by atoms with Gasteiger partial charge in [-0.3, -0.25) is 9.69 Å². The van der Waals surface area contributed by atoms with Crippen molar-refractivity contribution in [3.8, 4) is 0 Å². The van der Waals surface area contributed by atoms with E-state index in [2.05, 4.69) is 20.2 Å². The van der Waals surface area contributed by atoms with Crippen molar-refractivity contribution in [2.24, 2.45) is 0 Å². The van der Waals surface area contributed by atoms with Gasteiger partial charge >= 0.3 is 0 Å². The van der Waals surface area contributed by atoms with Crippen molar-refractivity contribution >= 4 is 5.91 Å². The lowest BCUT2D eigenvalue weighted by molar-refractivity contribution is -0.135. The first-order chi connectivity index (χ1) is 9.23. The highest BCUT2D eigenvalue weighted by Crippen LogP contribution is 2.31. The molecular formula is C13H20N4O2. The molecule has 1 aromatic rings. The Kier molecular flexibility index (Phi) is 4.44. The summed E-state index contributed by atoms with van der Waals surface area (Å²) in [6.07, 6.45) is 5.21. The Labute approximate surface area is 113 Å². The van der Waals surface area contributed by atoms with Crippen LogP contribution in [-0.4, -0.2) is 53.6 Å². The van der Waals surface area contributed by atoms with Crippen LogP contribution >= 0.6 is 0 Å². The second-order valence-corrected chi connectivity index (χ2v) is 4.73. The van der Waals surface area contributed by atoms with Crippen LogP contribution in [0.1, 0.15) is 18.7 Å². The molecule has 1 aliphatic rings. The molecule has 0 aliphatic carbocycles.